The molecule has 0 N–H and O–H groups in total. The van der Waals surface area contributed by atoms with Crippen LogP contribution < -0.4 is 4.90 Å². The van der Waals surface area contributed by atoms with E-state index in [1.165, 1.54) is 6.07 Å². The molecule has 0 aromatic heterocycles. The van der Waals surface area contributed by atoms with Crippen LogP contribution in [-0.2, 0) is 4.79 Å². The molecule has 0 bridgehead atoms. The van der Waals surface area contributed by atoms with Gasteiger partial charge in [0.15, 0.2) is 0 Å². The molecule has 1 unspecified atom stereocenters. The predicted octanol–water partition coefficient (Wildman–Crippen LogP) is 4.48. The average molecular weight is 329 g/mol. The number of halogens is 1. The third-order valence-electron chi connectivity index (χ3n) is 4.80. The van der Waals surface area contributed by atoms with E-state index in [9.17, 15) is 9.18 Å². The zero-order valence-electron chi connectivity index (χ0n) is 13.6. The lowest BCUT2D eigenvalue weighted by Gasteiger charge is -2.34. The third kappa shape index (κ3) is 2.47. The molecule has 3 aromatic carbocycles. The van der Waals surface area contributed by atoms with E-state index < -0.39 is 0 Å². The van der Waals surface area contributed by atoms with E-state index >= 15 is 0 Å². The van der Waals surface area contributed by atoms with E-state index in [-0.39, 0.29) is 30.6 Å². The second-order valence-corrected chi connectivity index (χ2v) is 6.18. The molecule has 0 spiro atoms. The van der Waals surface area contributed by atoms with Crippen molar-refractivity contribution < 1.29 is 9.18 Å². The first-order valence-electron chi connectivity index (χ1n) is 8.20. The Morgan fingerprint density at radius 2 is 1.84 bits per heavy atom. The summed E-state index contributed by atoms with van der Waals surface area (Å²) in [7, 11) is 0. The number of anilines is 1. The fraction of sp³-hybridized carbons (Fsp3) is 0.136. The Morgan fingerprint density at radius 1 is 1.08 bits per heavy atom. The second-order valence-electron chi connectivity index (χ2n) is 6.18. The lowest BCUT2D eigenvalue weighted by molar-refractivity contribution is -0.119. The first-order valence-corrected chi connectivity index (χ1v) is 8.20. The molecule has 2 nitrogen and oxygen atoms in total. The van der Waals surface area contributed by atoms with Gasteiger partial charge in [0, 0.05) is 18.0 Å². The second kappa shape index (κ2) is 6.07. The zero-order chi connectivity index (χ0) is 17.4. The Balaban J connectivity index is 2.02. The van der Waals surface area contributed by atoms with E-state index in [2.05, 4.69) is 5.92 Å². The largest absolute Gasteiger partial charge is 0.300 e. The Kier molecular flexibility index (Phi) is 3.74. The van der Waals surface area contributed by atoms with Gasteiger partial charge in [-0.15, -0.1) is 6.42 Å². The van der Waals surface area contributed by atoms with Gasteiger partial charge in [-0.05, 0) is 34.0 Å². The van der Waals surface area contributed by atoms with Crippen molar-refractivity contribution >= 4 is 22.4 Å². The van der Waals surface area contributed by atoms with Crippen LogP contribution in [0.1, 0.15) is 23.5 Å². The summed E-state index contributed by atoms with van der Waals surface area (Å²) in [5.74, 6) is 1.88. The van der Waals surface area contributed by atoms with Crippen LogP contribution in [0.4, 0.5) is 10.1 Å². The van der Waals surface area contributed by atoms with Gasteiger partial charge in [0.2, 0.25) is 5.91 Å². The molecule has 1 amide bonds. The first kappa shape index (κ1) is 15.4. The molecular weight excluding hydrogens is 313 g/mol. The number of hydrogen-bond acceptors (Lipinski definition) is 1. The minimum Gasteiger partial charge on any atom is -0.300 e. The Morgan fingerprint density at radius 3 is 2.64 bits per heavy atom. The number of carbonyl (C=O) groups is 1. The molecule has 3 aromatic rings. The molecule has 4 rings (SSSR count). The van der Waals surface area contributed by atoms with Crippen molar-refractivity contribution in [3.63, 3.8) is 0 Å². The number of amides is 1. The van der Waals surface area contributed by atoms with Gasteiger partial charge >= 0.3 is 0 Å². The van der Waals surface area contributed by atoms with Gasteiger partial charge in [-0.25, -0.2) is 4.39 Å². The maximum absolute atomic E-state index is 14.5. The maximum atomic E-state index is 14.5. The summed E-state index contributed by atoms with van der Waals surface area (Å²) >= 11 is 0. The van der Waals surface area contributed by atoms with Gasteiger partial charge in [0.25, 0.3) is 0 Å². The van der Waals surface area contributed by atoms with E-state index in [0.717, 1.165) is 22.0 Å². The SMILES string of the molecule is C#CCN1C(=O)CC(c2ccccc2F)c2c1ccc1ccccc21. The number of fused-ring (bicyclic) bond motifs is 3. The normalized spacial score (nSPS) is 16.6. The smallest absolute Gasteiger partial charge is 0.228 e. The summed E-state index contributed by atoms with van der Waals surface area (Å²) in [6.45, 7) is 0.216. The number of hydrogen-bond donors (Lipinski definition) is 0. The Labute approximate surface area is 145 Å². The lowest BCUT2D eigenvalue weighted by Crippen LogP contribution is -2.37. The summed E-state index contributed by atoms with van der Waals surface area (Å²) in [6, 6.07) is 18.5. The summed E-state index contributed by atoms with van der Waals surface area (Å²) in [6.07, 6.45) is 5.67. The molecule has 0 aliphatic carbocycles. The van der Waals surface area contributed by atoms with E-state index in [1.807, 2.05) is 42.5 Å². The van der Waals surface area contributed by atoms with Crippen molar-refractivity contribution in [1.29, 1.82) is 0 Å². The predicted molar refractivity (Wildman–Crippen MR) is 98.0 cm³/mol. The quantitative estimate of drug-likeness (QED) is 0.635. The Bertz CT molecular complexity index is 1020. The van der Waals surface area contributed by atoms with Gasteiger partial charge in [0.1, 0.15) is 5.82 Å². The van der Waals surface area contributed by atoms with Crippen LogP contribution in [0.15, 0.2) is 60.7 Å². The molecule has 1 atom stereocenters. The third-order valence-corrected chi connectivity index (χ3v) is 4.80. The van der Waals surface area contributed by atoms with Crippen LogP contribution in [0.3, 0.4) is 0 Å². The highest BCUT2D eigenvalue weighted by atomic mass is 19.1. The highest BCUT2D eigenvalue weighted by Crippen LogP contribution is 2.44. The van der Waals surface area contributed by atoms with Crippen molar-refractivity contribution in [2.75, 3.05) is 11.4 Å². The van der Waals surface area contributed by atoms with Crippen LogP contribution in [0.5, 0.6) is 0 Å². The molecule has 25 heavy (non-hydrogen) atoms. The molecule has 1 aliphatic rings. The Hall–Kier alpha value is -3.12. The standard InChI is InChI=1S/C22H16FNO/c1-2-13-24-20-12-11-15-7-3-4-8-16(15)22(20)18(14-21(24)25)17-9-5-6-10-19(17)23/h1,3-12,18H,13-14H2. The molecule has 0 saturated heterocycles. The van der Waals surface area contributed by atoms with Crippen molar-refractivity contribution in [2.45, 2.75) is 12.3 Å². The summed E-state index contributed by atoms with van der Waals surface area (Å²) < 4.78 is 14.5. The van der Waals surface area contributed by atoms with Crippen molar-refractivity contribution in [2.24, 2.45) is 0 Å². The van der Waals surface area contributed by atoms with Crippen LogP contribution >= 0.6 is 0 Å². The number of rotatable bonds is 2. The fourth-order valence-electron chi connectivity index (χ4n) is 3.69. The minimum absolute atomic E-state index is 0.0750. The number of carbonyl (C=O) groups excluding carboxylic acids is 1. The van der Waals surface area contributed by atoms with Crippen molar-refractivity contribution in [3.05, 3.63) is 77.6 Å². The van der Waals surface area contributed by atoms with Crippen molar-refractivity contribution in [3.8, 4) is 12.3 Å². The number of terminal acetylenes is 1. The topological polar surface area (TPSA) is 20.3 Å². The first-order chi connectivity index (χ1) is 12.2. The number of nitrogens with zero attached hydrogens (tertiary/aromatic N) is 1. The summed E-state index contributed by atoms with van der Waals surface area (Å²) in [5, 5.41) is 2.10. The van der Waals surface area contributed by atoms with Crippen LogP contribution in [0.2, 0.25) is 0 Å². The van der Waals surface area contributed by atoms with Gasteiger partial charge in [-0.3, -0.25) is 4.79 Å². The van der Waals surface area contributed by atoms with Crippen LogP contribution in [-0.4, -0.2) is 12.5 Å². The highest BCUT2D eigenvalue weighted by Gasteiger charge is 2.34. The zero-order valence-corrected chi connectivity index (χ0v) is 13.6. The van der Waals surface area contributed by atoms with Gasteiger partial charge in [-0.1, -0.05) is 54.5 Å². The highest BCUT2D eigenvalue weighted by molar-refractivity contribution is 6.03. The lowest BCUT2D eigenvalue weighted by atomic mass is 9.81. The van der Waals surface area contributed by atoms with Crippen LogP contribution in [0.25, 0.3) is 10.8 Å². The van der Waals surface area contributed by atoms with Crippen LogP contribution in [0, 0.1) is 18.2 Å². The van der Waals surface area contributed by atoms with E-state index in [1.54, 1.807) is 17.0 Å². The van der Waals surface area contributed by atoms with E-state index in [0.29, 0.717) is 5.56 Å². The fourth-order valence-corrected chi connectivity index (χ4v) is 3.69. The molecule has 0 radical (unpaired) electrons. The maximum Gasteiger partial charge on any atom is 0.228 e. The molecule has 0 fully saturated rings. The molecule has 0 saturated carbocycles. The minimum atomic E-state index is -0.316. The van der Waals surface area contributed by atoms with E-state index in [4.69, 9.17) is 6.42 Å². The van der Waals surface area contributed by atoms with Crippen molar-refractivity contribution in [1.82, 2.24) is 0 Å². The molecule has 1 aliphatic heterocycles. The molecule has 3 heteroatoms. The molecule has 122 valence electrons. The monoisotopic (exact) mass is 329 g/mol. The average Bonchev–Trinajstić information content (AvgIpc) is 2.64. The van der Waals surface area contributed by atoms with Gasteiger partial charge in [0.05, 0.1) is 6.54 Å². The molecule has 1 heterocycles. The summed E-state index contributed by atoms with van der Waals surface area (Å²) in [5.41, 5.74) is 2.30. The molecular formula is C22H16FNO. The summed E-state index contributed by atoms with van der Waals surface area (Å²) in [4.78, 5) is 14.3. The number of benzene rings is 3. The van der Waals surface area contributed by atoms with Gasteiger partial charge in [-0.2, -0.15) is 0 Å². The van der Waals surface area contributed by atoms with Gasteiger partial charge < -0.3 is 4.90 Å².